The molecule has 1 aliphatic carbocycles. The zero-order valence-electron chi connectivity index (χ0n) is 9.10. The fourth-order valence-electron chi connectivity index (χ4n) is 2.37. The van der Waals surface area contributed by atoms with E-state index in [0.717, 1.165) is 35.4 Å². The van der Waals surface area contributed by atoms with Crippen molar-refractivity contribution in [1.82, 2.24) is 4.98 Å². The number of rotatable bonds is 1. The van der Waals surface area contributed by atoms with Crippen molar-refractivity contribution in [3.63, 3.8) is 0 Å². The van der Waals surface area contributed by atoms with Gasteiger partial charge in [0.05, 0.1) is 5.56 Å². The fourth-order valence-corrected chi connectivity index (χ4v) is 3.45. The molecule has 0 N–H and O–H groups in total. The Morgan fingerprint density at radius 2 is 2.29 bits per heavy atom. The van der Waals surface area contributed by atoms with Crippen molar-refractivity contribution < 1.29 is 0 Å². The van der Waals surface area contributed by atoms with Gasteiger partial charge in [0, 0.05) is 16.1 Å². The summed E-state index contributed by atoms with van der Waals surface area (Å²) in [6.07, 6.45) is 3.16. The van der Waals surface area contributed by atoms with Crippen LogP contribution in [0.3, 0.4) is 0 Å². The molecule has 1 aliphatic rings. The Kier molecular flexibility index (Phi) is 2.65. The maximum Gasteiger partial charge on any atom is 0.112 e. The molecule has 0 atom stereocenters. The lowest BCUT2D eigenvalue weighted by atomic mass is 10.0. The number of pyridine rings is 1. The zero-order valence-corrected chi connectivity index (χ0v) is 10.8. The molecule has 2 aromatic rings. The first-order chi connectivity index (χ1) is 8.31. The van der Waals surface area contributed by atoms with Gasteiger partial charge in [-0.1, -0.05) is 6.07 Å². The van der Waals surface area contributed by atoms with Gasteiger partial charge in [-0.25, -0.2) is 4.98 Å². The maximum absolute atomic E-state index is 9.30. The van der Waals surface area contributed by atoms with Crippen molar-refractivity contribution in [3.05, 3.63) is 34.3 Å². The van der Waals surface area contributed by atoms with E-state index in [-0.39, 0.29) is 0 Å². The molecule has 0 bridgehead atoms. The quantitative estimate of drug-likeness (QED) is 0.795. The van der Waals surface area contributed by atoms with Crippen LogP contribution in [-0.2, 0) is 12.8 Å². The number of aromatic nitrogens is 1. The van der Waals surface area contributed by atoms with Gasteiger partial charge in [0.2, 0.25) is 0 Å². The van der Waals surface area contributed by atoms with E-state index in [1.165, 1.54) is 5.56 Å². The van der Waals surface area contributed by atoms with Gasteiger partial charge in [0.1, 0.15) is 11.1 Å². The molecule has 0 amide bonds. The summed E-state index contributed by atoms with van der Waals surface area (Å²) in [5, 5.41) is 11.9. The Morgan fingerprint density at radius 1 is 1.41 bits per heavy atom. The molecule has 4 heteroatoms. The van der Waals surface area contributed by atoms with Gasteiger partial charge in [0.25, 0.3) is 0 Å². The van der Waals surface area contributed by atoms with E-state index in [4.69, 9.17) is 0 Å². The minimum absolute atomic E-state index is 0.566. The molecule has 84 valence electrons. The van der Waals surface area contributed by atoms with E-state index in [2.05, 4.69) is 29.7 Å². The lowest BCUT2D eigenvalue weighted by Gasteiger charge is -2.10. The molecule has 0 saturated carbocycles. The second-order valence-corrected chi connectivity index (χ2v) is 5.42. The molecular weight excluding hydrogens is 248 g/mol. The molecule has 0 saturated heterocycles. The molecule has 2 nitrogen and oxygen atoms in total. The summed E-state index contributed by atoms with van der Waals surface area (Å²) in [7, 11) is 0. The van der Waals surface area contributed by atoms with Gasteiger partial charge in [-0.3, -0.25) is 0 Å². The van der Waals surface area contributed by atoms with E-state index in [1.807, 2.05) is 11.4 Å². The fraction of sp³-hybridized carbons (Fsp3) is 0.231. The highest BCUT2D eigenvalue weighted by Crippen LogP contribution is 2.38. The van der Waals surface area contributed by atoms with Crippen LogP contribution in [0.15, 0.2) is 22.5 Å². The number of fused-ring (bicyclic) bond motifs is 1. The average molecular weight is 258 g/mol. The van der Waals surface area contributed by atoms with E-state index in [1.54, 1.807) is 11.3 Å². The Balaban J connectivity index is 2.35. The first kappa shape index (κ1) is 10.8. The smallest absolute Gasteiger partial charge is 0.112 e. The van der Waals surface area contributed by atoms with Crippen molar-refractivity contribution in [2.45, 2.75) is 24.3 Å². The molecule has 0 unspecified atom stereocenters. The minimum atomic E-state index is 0.566. The Hall–Kier alpha value is -1.31. The van der Waals surface area contributed by atoms with E-state index in [9.17, 15) is 5.26 Å². The summed E-state index contributed by atoms with van der Waals surface area (Å²) < 4.78 is 0. The van der Waals surface area contributed by atoms with Gasteiger partial charge >= 0.3 is 0 Å². The summed E-state index contributed by atoms with van der Waals surface area (Å²) in [5.74, 6) is 0. The van der Waals surface area contributed by atoms with Gasteiger partial charge < -0.3 is 0 Å². The largest absolute Gasteiger partial charge is 0.245 e. The average Bonchev–Trinajstić information content (AvgIpc) is 2.97. The van der Waals surface area contributed by atoms with Crippen molar-refractivity contribution in [2.75, 3.05) is 0 Å². The van der Waals surface area contributed by atoms with Crippen molar-refractivity contribution in [2.24, 2.45) is 0 Å². The summed E-state index contributed by atoms with van der Waals surface area (Å²) >= 11 is 6.02. The molecule has 17 heavy (non-hydrogen) atoms. The first-order valence-electron chi connectivity index (χ1n) is 5.50. The van der Waals surface area contributed by atoms with Gasteiger partial charge in [-0.05, 0) is 36.3 Å². The third kappa shape index (κ3) is 1.67. The number of hydrogen-bond acceptors (Lipinski definition) is 4. The molecule has 0 radical (unpaired) electrons. The molecule has 2 aromatic heterocycles. The van der Waals surface area contributed by atoms with Crippen molar-refractivity contribution in [3.8, 4) is 16.5 Å². The minimum Gasteiger partial charge on any atom is -0.245 e. The van der Waals surface area contributed by atoms with Gasteiger partial charge in [-0.15, -0.1) is 24.0 Å². The molecular formula is C13H10N2S2. The van der Waals surface area contributed by atoms with Crippen LogP contribution in [0.2, 0.25) is 0 Å². The number of hydrogen-bond donors (Lipinski definition) is 1. The molecule has 0 aliphatic heterocycles. The van der Waals surface area contributed by atoms with E-state index in [0.29, 0.717) is 10.6 Å². The number of aryl methyl sites for hydroxylation is 1. The first-order valence-corrected chi connectivity index (χ1v) is 6.82. The summed E-state index contributed by atoms with van der Waals surface area (Å²) in [4.78, 5) is 5.59. The van der Waals surface area contributed by atoms with Crippen LogP contribution in [0.25, 0.3) is 10.4 Å². The lowest BCUT2D eigenvalue weighted by Crippen LogP contribution is -1.98. The monoisotopic (exact) mass is 258 g/mol. The second kappa shape index (κ2) is 4.17. The van der Waals surface area contributed by atoms with Crippen molar-refractivity contribution in [1.29, 1.82) is 5.26 Å². The predicted molar refractivity (Wildman–Crippen MR) is 71.5 cm³/mol. The lowest BCUT2D eigenvalue weighted by molar-refractivity contribution is 0.891. The van der Waals surface area contributed by atoms with Crippen LogP contribution in [0, 0.1) is 11.3 Å². The highest BCUT2D eigenvalue weighted by atomic mass is 32.1. The molecule has 0 spiro atoms. The standard InChI is InChI=1S/C13H10N2S2/c14-7-9-12(11-5-2-6-17-11)8-3-1-4-10(8)15-13(9)16/h2,5-6H,1,3-4H2,(H,15,16). The Labute approximate surface area is 109 Å². The molecule has 0 fully saturated rings. The van der Waals surface area contributed by atoms with Crippen LogP contribution in [-0.4, -0.2) is 4.98 Å². The van der Waals surface area contributed by atoms with Gasteiger partial charge in [0.15, 0.2) is 0 Å². The van der Waals surface area contributed by atoms with E-state index < -0.39 is 0 Å². The highest BCUT2D eigenvalue weighted by Gasteiger charge is 2.23. The number of nitriles is 1. The summed E-state index contributed by atoms with van der Waals surface area (Å²) in [5.41, 5.74) is 4.06. The third-order valence-corrected chi connectivity index (χ3v) is 4.30. The maximum atomic E-state index is 9.30. The van der Waals surface area contributed by atoms with Crippen LogP contribution in [0.1, 0.15) is 23.2 Å². The van der Waals surface area contributed by atoms with Crippen molar-refractivity contribution >= 4 is 24.0 Å². The topological polar surface area (TPSA) is 36.7 Å². The van der Waals surface area contributed by atoms with Gasteiger partial charge in [-0.2, -0.15) is 5.26 Å². The molecule has 0 aromatic carbocycles. The molecule has 3 rings (SSSR count). The van der Waals surface area contributed by atoms with Crippen LogP contribution in [0.4, 0.5) is 0 Å². The Morgan fingerprint density at radius 3 is 3.00 bits per heavy atom. The zero-order chi connectivity index (χ0) is 11.8. The number of nitrogens with zero attached hydrogens (tertiary/aromatic N) is 2. The number of thiophene rings is 1. The summed E-state index contributed by atoms with van der Waals surface area (Å²) in [6.45, 7) is 0. The van der Waals surface area contributed by atoms with Crippen LogP contribution in [0.5, 0.6) is 0 Å². The van der Waals surface area contributed by atoms with Crippen LogP contribution < -0.4 is 0 Å². The number of thiol groups is 1. The molecule has 2 heterocycles. The summed E-state index contributed by atoms with van der Waals surface area (Å²) in [6, 6.07) is 6.33. The third-order valence-electron chi connectivity index (χ3n) is 3.08. The van der Waals surface area contributed by atoms with E-state index >= 15 is 0 Å². The normalized spacial score (nSPS) is 13.4. The SMILES string of the molecule is N#Cc1c(S)nc2c(c1-c1cccs1)CCC2. The van der Waals surface area contributed by atoms with Crippen LogP contribution >= 0.6 is 24.0 Å². The predicted octanol–water partition coefficient (Wildman–Crippen LogP) is 3.46. The Bertz CT molecular complexity index is 609. The highest BCUT2D eigenvalue weighted by molar-refractivity contribution is 7.80. The second-order valence-electron chi connectivity index (χ2n) is 4.05.